The molecule has 0 bridgehead atoms. The van der Waals surface area contributed by atoms with Gasteiger partial charge in [0.2, 0.25) is 0 Å². The highest BCUT2D eigenvalue weighted by Gasteiger charge is 2.03. The number of hydrogen-bond acceptors (Lipinski definition) is 3. The molecule has 0 atom stereocenters. The van der Waals surface area contributed by atoms with Crippen molar-refractivity contribution in [2.24, 2.45) is 0 Å². The van der Waals surface area contributed by atoms with Crippen molar-refractivity contribution >= 4 is 11.4 Å². The SMILES string of the molecule is CN(C)c1ccc(C#Cc2ccccc2C#Cc2ccccc2C#Cc2ccc([N+](=O)[O-])cc2)cc1. The summed E-state index contributed by atoms with van der Waals surface area (Å²) in [6.45, 7) is 0. The highest BCUT2D eigenvalue weighted by Crippen LogP contribution is 2.14. The summed E-state index contributed by atoms with van der Waals surface area (Å²) in [5, 5.41) is 10.8. The number of nitro benzene ring substituents is 1. The fourth-order valence-electron chi connectivity index (χ4n) is 3.33. The van der Waals surface area contributed by atoms with E-state index in [4.69, 9.17) is 0 Å². The number of nitrogens with zero attached hydrogens (tertiary/aromatic N) is 2. The maximum absolute atomic E-state index is 10.8. The number of rotatable bonds is 2. The van der Waals surface area contributed by atoms with Gasteiger partial charge in [-0.25, -0.2) is 0 Å². The average molecular weight is 467 g/mol. The zero-order valence-electron chi connectivity index (χ0n) is 19.9. The highest BCUT2D eigenvalue weighted by atomic mass is 16.6. The second kappa shape index (κ2) is 11.3. The number of nitro groups is 1. The monoisotopic (exact) mass is 466 g/mol. The lowest BCUT2D eigenvalue weighted by Crippen LogP contribution is -2.07. The van der Waals surface area contributed by atoms with E-state index >= 15 is 0 Å². The highest BCUT2D eigenvalue weighted by molar-refractivity contribution is 5.58. The zero-order valence-corrected chi connectivity index (χ0v) is 19.9. The molecule has 172 valence electrons. The van der Waals surface area contributed by atoms with E-state index in [1.165, 1.54) is 12.1 Å². The number of non-ortho nitro benzene ring substituents is 1. The van der Waals surface area contributed by atoms with E-state index in [-0.39, 0.29) is 5.69 Å². The molecule has 0 saturated carbocycles. The summed E-state index contributed by atoms with van der Waals surface area (Å²) < 4.78 is 0. The van der Waals surface area contributed by atoms with Crippen LogP contribution in [0.3, 0.4) is 0 Å². The molecule has 0 fully saturated rings. The van der Waals surface area contributed by atoms with Crippen molar-refractivity contribution in [3.05, 3.63) is 141 Å². The number of anilines is 1. The normalized spacial score (nSPS) is 9.50. The summed E-state index contributed by atoms with van der Waals surface area (Å²) in [6.07, 6.45) is 0. The van der Waals surface area contributed by atoms with Crippen LogP contribution in [-0.2, 0) is 0 Å². The molecule has 0 radical (unpaired) electrons. The van der Waals surface area contributed by atoms with E-state index in [0.717, 1.165) is 33.5 Å². The first kappa shape index (κ1) is 23.9. The molecule has 4 aromatic rings. The minimum absolute atomic E-state index is 0.0409. The van der Waals surface area contributed by atoms with Gasteiger partial charge in [-0.05, 0) is 60.7 Å². The Morgan fingerprint density at radius 1 is 0.556 bits per heavy atom. The van der Waals surface area contributed by atoms with Crippen molar-refractivity contribution in [2.45, 2.75) is 0 Å². The van der Waals surface area contributed by atoms with Gasteiger partial charge >= 0.3 is 0 Å². The first-order valence-corrected chi connectivity index (χ1v) is 11.3. The molecule has 0 aliphatic carbocycles. The Kier molecular flexibility index (Phi) is 7.47. The summed E-state index contributed by atoms with van der Waals surface area (Å²) in [5.74, 6) is 19.1. The molecular weight excluding hydrogens is 444 g/mol. The van der Waals surface area contributed by atoms with E-state index in [2.05, 4.69) is 40.4 Å². The Hall–Kier alpha value is -5.24. The molecule has 0 unspecified atom stereocenters. The van der Waals surface area contributed by atoms with E-state index in [1.807, 2.05) is 86.9 Å². The van der Waals surface area contributed by atoms with Crippen molar-refractivity contribution in [1.29, 1.82) is 0 Å². The molecular formula is C32H22N2O2. The first-order chi connectivity index (χ1) is 17.5. The van der Waals surface area contributed by atoms with Gasteiger partial charge in [0.1, 0.15) is 0 Å². The van der Waals surface area contributed by atoms with Gasteiger partial charge in [-0.3, -0.25) is 10.1 Å². The van der Waals surface area contributed by atoms with Crippen LogP contribution in [0.25, 0.3) is 0 Å². The van der Waals surface area contributed by atoms with Gasteiger partial charge < -0.3 is 4.90 Å². The third-order valence-corrected chi connectivity index (χ3v) is 5.33. The largest absolute Gasteiger partial charge is 0.378 e. The van der Waals surface area contributed by atoms with Gasteiger partial charge in [-0.1, -0.05) is 59.8 Å². The Morgan fingerprint density at radius 2 is 0.917 bits per heavy atom. The van der Waals surface area contributed by atoms with Crippen molar-refractivity contribution in [3.8, 4) is 35.5 Å². The van der Waals surface area contributed by atoms with Crippen molar-refractivity contribution in [2.75, 3.05) is 19.0 Å². The molecule has 0 saturated heterocycles. The molecule has 0 aromatic heterocycles. The molecule has 0 aliphatic heterocycles. The van der Waals surface area contributed by atoms with E-state index in [1.54, 1.807) is 12.1 Å². The molecule has 0 aliphatic rings. The quantitative estimate of drug-likeness (QED) is 0.211. The molecule has 36 heavy (non-hydrogen) atoms. The van der Waals surface area contributed by atoms with Crippen LogP contribution in [0.1, 0.15) is 33.4 Å². The van der Waals surface area contributed by atoms with Gasteiger partial charge in [0.15, 0.2) is 0 Å². The third kappa shape index (κ3) is 6.21. The second-order valence-electron chi connectivity index (χ2n) is 8.09. The van der Waals surface area contributed by atoms with Crippen LogP contribution in [0.5, 0.6) is 0 Å². The van der Waals surface area contributed by atoms with Gasteiger partial charge in [0.05, 0.1) is 4.92 Å². The van der Waals surface area contributed by atoms with Crippen LogP contribution >= 0.6 is 0 Å². The predicted octanol–water partition coefficient (Wildman–Crippen LogP) is 5.86. The van der Waals surface area contributed by atoms with Crippen LogP contribution in [0, 0.1) is 45.6 Å². The molecule has 0 N–H and O–H groups in total. The summed E-state index contributed by atoms with van der Waals surface area (Å²) in [5.41, 5.74) is 6.09. The van der Waals surface area contributed by atoms with Gasteiger partial charge in [-0.2, -0.15) is 0 Å². The Labute approximate surface area is 211 Å². The van der Waals surface area contributed by atoms with E-state index in [0.29, 0.717) is 5.56 Å². The lowest BCUT2D eigenvalue weighted by molar-refractivity contribution is -0.384. The number of benzene rings is 4. The Balaban J connectivity index is 1.59. The van der Waals surface area contributed by atoms with Gasteiger partial charge in [-0.15, -0.1) is 0 Å². The fourth-order valence-corrected chi connectivity index (χ4v) is 3.33. The van der Waals surface area contributed by atoms with Gasteiger partial charge in [0.25, 0.3) is 5.69 Å². The number of hydrogen-bond donors (Lipinski definition) is 0. The third-order valence-electron chi connectivity index (χ3n) is 5.33. The molecule has 4 rings (SSSR count). The smallest absolute Gasteiger partial charge is 0.269 e. The minimum Gasteiger partial charge on any atom is -0.378 e. The minimum atomic E-state index is -0.425. The summed E-state index contributed by atoms with van der Waals surface area (Å²) in [6, 6.07) is 29.8. The molecule has 4 aromatic carbocycles. The zero-order chi connectivity index (χ0) is 25.3. The van der Waals surface area contributed by atoms with Crippen molar-refractivity contribution in [3.63, 3.8) is 0 Å². The lowest BCUT2D eigenvalue weighted by Gasteiger charge is -2.11. The predicted molar refractivity (Wildman–Crippen MR) is 145 cm³/mol. The second-order valence-corrected chi connectivity index (χ2v) is 8.09. The molecule has 0 heterocycles. The Bertz CT molecular complexity index is 1580. The average Bonchev–Trinajstić information content (AvgIpc) is 2.91. The maximum Gasteiger partial charge on any atom is 0.269 e. The van der Waals surface area contributed by atoms with E-state index < -0.39 is 4.92 Å². The topological polar surface area (TPSA) is 46.4 Å². The van der Waals surface area contributed by atoms with E-state index in [9.17, 15) is 10.1 Å². The molecule has 4 heteroatoms. The van der Waals surface area contributed by atoms with Crippen LogP contribution in [0.4, 0.5) is 11.4 Å². The van der Waals surface area contributed by atoms with Crippen LogP contribution in [0.2, 0.25) is 0 Å². The first-order valence-electron chi connectivity index (χ1n) is 11.3. The fraction of sp³-hybridized carbons (Fsp3) is 0.0625. The summed E-state index contributed by atoms with van der Waals surface area (Å²) >= 11 is 0. The lowest BCUT2D eigenvalue weighted by atomic mass is 10.0. The van der Waals surface area contributed by atoms with Crippen LogP contribution in [-0.4, -0.2) is 19.0 Å². The standard InChI is InChI=1S/C32H22N2O2/c1-33(2)31-21-13-25(14-22-31)11-17-27-7-3-5-9-29(27)19-20-30-10-6-4-8-28(30)18-12-26-15-23-32(24-16-26)34(35)36/h3-10,13-16,21-24H,1-2H3. The van der Waals surface area contributed by atoms with Crippen molar-refractivity contribution < 1.29 is 4.92 Å². The van der Waals surface area contributed by atoms with Crippen LogP contribution in [0.15, 0.2) is 97.1 Å². The molecule has 0 amide bonds. The van der Waals surface area contributed by atoms with Gasteiger partial charge in [0, 0.05) is 65.3 Å². The molecule has 0 spiro atoms. The molecule has 4 nitrogen and oxygen atoms in total. The maximum atomic E-state index is 10.8. The summed E-state index contributed by atoms with van der Waals surface area (Å²) in [7, 11) is 4.02. The Morgan fingerprint density at radius 3 is 1.28 bits per heavy atom. The summed E-state index contributed by atoms with van der Waals surface area (Å²) in [4.78, 5) is 12.5. The van der Waals surface area contributed by atoms with Crippen molar-refractivity contribution in [1.82, 2.24) is 0 Å². The van der Waals surface area contributed by atoms with Crippen LogP contribution < -0.4 is 4.90 Å².